The molecule has 1 N–H and O–H groups in total. The van der Waals surface area contributed by atoms with Crippen LogP contribution in [-0.4, -0.2) is 25.4 Å². The Labute approximate surface area is 59.6 Å². The third kappa shape index (κ3) is 3.27. The minimum atomic E-state index is -0.826. The minimum Gasteiger partial charge on any atom is -0.453 e. The Morgan fingerprint density at radius 1 is 1.70 bits per heavy atom. The molecule has 0 radical (unpaired) electrons. The molecule has 0 saturated carbocycles. The van der Waals surface area contributed by atoms with Crippen molar-refractivity contribution >= 4 is 6.09 Å². The molecular weight excluding hydrogens is 137 g/mol. The molecule has 0 aromatic heterocycles. The third-order valence-corrected chi connectivity index (χ3v) is 0.960. The van der Waals surface area contributed by atoms with Crippen molar-refractivity contribution in [2.75, 3.05) is 13.8 Å². The van der Waals surface area contributed by atoms with E-state index in [9.17, 15) is 9.18 Å². The highest BCUT2D eigenvalue weighted by atomic mass is 19.1. The van der Waals surface area contributed by atoms with Crippen LogP contribution < -0.4 is 5.32 Å². The lowest BCUT2D eigenvalue weighted by Crippen LogP contribution is -2.45. The molecule has 0 aliphatic carbocycles. The van der Waals surface area contributed by atoms with Crippen LogP contribution in [0.3, 0.4) is 0 Å². The molecule has 0 aliphatic rings. The first kappa shape index (κ1) is 9.20. The Morgan fingerprint density at radius 2 is 2.20 bits per heavy atom. The second kappa shape index (κ2) is 3.39. The van der Waals surface area contributed by atoms with E-state index in [0.717, 1.165) is 0 Å². The zero-order valence-corrected chi connectivity index (χ0v) is 6.40. The average molecular weight is 149 g/mol. The van der Waals surface area contributed by atoms with Crippen LogP contribution >= 0.6 is 0 Å². The van der Waals surface area contributed by atoms with Crippen molar-refractivity contribution in [2.45, 2.75) is 19.4 Å². The maximum absolute atomic E-state index is 12.0. The Balaban J connectivity index is 3.76. The second-order valence-electron chi connectivity index (χ2n) is 2.63. The molecule has 0 aromatic carbocycles. The largest absolute Gasteiger partial charge is 0.453 e. The van der Waals surface area contributed by atoms with Gasteiger partial charge in [0.15, 0.2) is 0 Å². The van der Waals surface area contributed by atoms with Gasteiger partial charge in [-0.05, 0) is 13.8 Å². The van der Waals surface area contributed by atoms with Gasteiger partial charge in [0.2, 0.25) is 0 Å². The molecule has 4 heteroatoms. The van der Waals surface area contributed by atoms with Gasteiger partial charge in [-0.3, -0.25) is 0 Å². The number of hydrogen-bond acceptors (Lipinski definition) is 2. The van der Waals surface area contributed by atoms with Gasteiger partial charge in [-0.15, -0.1) is 0 Å². The van der Waals surface area contributed by atoms with E-state index in [4.69, 9.17) is 0 Å². The summed E-state index contributed by atoms with van der Waals surface area (Å²) in [6.07, 6.45) is -0.609. The molecule has 0 aromatic rings. The Kier molecular flexibility index (Phi) is 3.12. The zero-order valence-electron chi connectivity index (χ0n) is 6.40. The summed E-state index contributed by atoms with van der Waals surface area (Å²) in [5, 5.41) is 2.32. The van der Waals surface area contributed by atoms with E-state index in [1.54, 1.807) is 13.8 Å². The zero-order chi connectivity index (χ0) is 8.20. The number of ether oxygens (including phenoxy) is 1. The van der Waals surface area contributed by atoms with E-state index in [1.807, 2.05) is 0 Å². The molecule has 0 saturated heterocycles. The van der Waals surface area contributed by atoms with E-state index in [1.165, 1.54) is 7.11 Å². The fourth-order valence-corrected chi connectivity index (χ4v) is 0.361. The standard InChI is InChI=1S/C6H12FNO2/c1-6(2,4-7)8-5(9)10-3/h4H2,1-3H3,(H,8,9). The van der Waals surface area contributed by atoms with Crippen molar-refractivity contribution < 1.29 is 13.9 Å². The number of carbonyl (C=O) groups excluding carboxylic acids is 1. The molecule has 0 aliphatic heterocycles. The molecular formula is C6H12FNO2. The second-order valence-corrected chi connectivity index (χ2v) is 2.63. The Morgan fingerprint density at radius 3 is 2.50 bits per heavy atom. The van der Waals surface area contributed by atoms with Crippen molar-refractivity contribution in [1.82, 2.24) is 5.32 Å². The third-order valence-electron chi connectivity index (χ3n) is 0.960. The number of alkyl halides is 1. The van der Waals surface area contributed by atoms with Gasteiger partial charge >= 0.3 is 6.09 Å². The van der Waals surface area contributed by atoms with Gasteiger partial charge in [-0.1, -0.05) is 0 Å². The maximum Gasteiger partial charge on any atom is 0.407 e. The van der Waals surface area contributed by atoms with Gasteiger partial charge < -0.3 is 10.1 Å². The predicted octanol–water partition coefficient (Wildman–Crippen LogP) is 1.09. The quantitative estimate of drug-likeness (QED) is 0.638. The molecule has 0 fully saturated rings. The number of methoxy groups -OCH3 is 1. The van der Waals surface area contributed by atoms with Crippen LogP contribution in [-0.2, 0) is 4.74 Å². The molecule has 3 nitrogen and oxygen atoms in total. The summed E-state index contributed by atoms with van der Waals surface area (Å²) in [5.74, 6) is 0. The minimum absolute atomic E-state index is 0.609. The fourth-order valence-electron chi connectivity index (χ4n) is 0.361. The highest BCUT2D eigenvalue weighted by Gasteiger charge is 2.19. The first-order chi connectivity index (χ1) is 4.52. The average Bonchev–Trinajstić information content (AvgIpc) is 1.87. The van der Waals surface area contributed by atoms with Gasteiger partial charge in [0.05, 0.1) is 12.6 Å². The summed E-state index contributed by atoms with van der Waals surface area (Å²) >= 11 is 0. The van der Waals surface area contributed by atoms with Gasteiger partial charge in [0.25, 0.3) is 0 Å². The van der Waals surface area contributed by atoms with Gasteiger partial charge in [-0.2, -0.15) is 0 Å². The van der Waals surface area contributed by atoms with Crippen LogP contribution in [0.25, 0.3) is 0 Å². The highest BCUT2D eigenvalue weighted by Crippen LogP contribution is 2.01. The number of carbonyl (C=O) groups is 1. The molecule has 0 unspecified atom stereocenters. The molecule has 10 heavy (non-hydrogen) atoms. The predicted molar refractivity (Wildman–Crippen MR) is 35.6 cm³/mol. The normalized spacial score (nSPS) is 10.8. The number of amides is 1. The van der Waals surface area contributed by atoms with E-state index >= 15 is 0 Å². The van der Waals surface area contributed by atoms with Crippen LogP contribution in [0.2, 0.25) is 0 Å². The Hall–Kier alpha value is -0.800. The summed E-state index contributed by atoms with van der Waals surface area (Å²) in [7, 11) is 1.24. The van der Waals surface area contributed by atoms with Gasteiger partial charge in [-0.25, -0.2) is 9.18 Å². The number of halogens is 1. The molecule has 0 rings (SSSR count). The molecule has 0 spiro atoms. The maximum atomic E-state index is 12.0. The SMILES string of the molecule is COC(=O)NC(C)(C)CF. The van der Waals surface area contributed by atoms with E-state index in [2.05, 4.69) is 10.1 Å². The molecule has 0 heterocycles. The Bertz CT molecular complexity index is 125. The van der Waals surface area contributed by atoms with Crippen LogP contribution in [0.5, 0.6) is 0 Å². The first-order valence-electron chi connectivity index (χ1n) is 2.94. The smallest absolute Gasteiger partial charge is 0.407 e. The van der Waals surface area contributed by atoms with Crippen molar-refractivity contribution in [3.8, 4) is 0 Å². The lowest BCUT2D eigenvalue weighted by molar-refractivity contribution is 0.154. The number of alkyl carbamates (subject to hydrolysis) is 1. The summed E-state index contributed by atoms with van der Waals surface area (Å²) in [6.45, 7) is 2.54. The van der Waals surface area contributed by atoms with E-state index < -0.39 is 18.3 Å². The van der Waals surface area contributed by atoms with Crippen LogP contribution in [0.4, 0.5) is 9.18 Å². The highest BCUT2D eigenvalue weighted by molar-refractivity contribution is 5.67. The summed E-state index contributed by atoms with van der Waals surface area (Å²) in [4.78, 5) is 10.5. The summed E-state index contributed by atoms with van der Waals surface area (Å²) in [6, 6.07) is 0. The van der Waals surface area contributed by atoms with Gasteiger partial charge in [0, 0.05) is 0 Å². The van der Waals surface area contributed by atoms with Crippen LogP contribution in [0, 0.1) is 0 Å². The van der Waals surface area contributed by atoms with Crippen molar-refractivity contribution in [1.29, 1.82) is 0 Å². The lowest BCUT2D eigenvalue weighted by Gasteiger charge is -2.20. The van der Waals surface area contributed by atoms with Crippen molar-refractivity contribution in [3.63, 3.8) is 0 Å². The van der Waals surface area contributed by atoms with Crippen molar-refractivity contribution in [2.24, 2.45) is 0 Å². The molecule has 0 atom stereocenters. The molecule has 1 amide bonds. The van der Waals surface area contributed by atoms with Crippen LogP contribution in [0.15, 0.2) is 0 Å². The summed E-state index contributed by atoms with van der Waals surface area (Å²) < 4.78 is 16.3. The lowest BCUT2D eigenvalue weighted by atomic mass is 10.1. The monoisotopic (exact) mass is 149 g/mol. The number of hydrogen-bond donors (Lipinski definition) is 1. The molecule has 60 valence electrons. The summed E-state index contributed by atoms with van der Waals surface area (Å²) in [5.41, 5.74) is -0.826. The number of rotatable bonds is 2. The molecule has 0 bridgehead atoms. The first-order valence-corrected chi connectivity index (χ1v) is 2.94. The topological polar surface area (TPSA) is 38.3 Å². The fraction of sp³-hybridized carbons (Fsp3) is 0.833. The van der Waals surface area contributed by atoms with E-state index in [-0.39, 0.29) is 0 Å². The number of nitrogens with one attached hydrogen (secondary N) is 1. The van der Waals surface area contributed by atoms with Crippen LogP contribution in [0.1, 0.15) is 13.8 Å². The van der Waals surface area contributed by atoms with Crippen molar-refractivity contribution in [3.05, 3.63) is 0 Å². The van der Waals surface area contributed by atoms with E-state index in [0.29, 0.717) is 0 Å². The van der Waals surface area contributed by atoms with Gasteiger partial charge in [0.1, 0.15) is 6.67 Å².